The van der Waals surface area contributed by atoms with Crippen LogP contribution < -0.4 is 10.6 Å². The number of carbonyl (C=O) groups is 1. The number of hydrogen-bond donors (Lipinski definition) is 4. The van der Waals surface area contributed by atoms with Gasteiger partial charge in [-0.15, -0.1) is 0 Å². The first-order chi connectivity index (χ1) is 17.1. The van der Waals surface area contributed by atoms with E-state index in [4.69, 9.17) is 4.74 Å². The van der Waals surface area contributed by atoms with E-state index in [0.717, 1.165) is 24.5 Å². The minimum atomic E-state index is -1.000. The van der Waals surface area contributed by atoms with Gasteiger partial charge in [-0.1, -0.05) is 30.3 Å². The zero-order valence-electron chi connectivity index (χ0n) is 20.8. The van der Waals surface area contributed by atoms with Gasteiger partial charge in [0, 0.05) is 30.5 Å². The van der Waals surface area contributed by atoms with E-state index in [1.807, 2.05) is 36.4 Å². The Morgan fingerprint density at radius 1 is 1.14 bits per heavy atom. The minimum Gasteiger partial charge on any atom is -0.444 e. The maximum absolute atomic E-state index is 13.6. The highest BCUT2D eigenvalue weighted by Crippen LogP contribution is 2.45. The fourth-order valence-corrected chi connectivity index (χ4v) is 3.83. The smallest absolute Gasteiger partial charge is 0.407 e. The largest absolute Gasteiger partial charge is 0.444 e. The number of hydrogen-bond acceptors (Lipinski definition) is 5. The number of carbonyl (C=O) groups excluding carboxylic acids is 1. The van der Waals surface area contributed by atoms with E-state index < -0.39 is 35.5 Å². The minimum absolute atomic E-state index is 0.0507. The van der Waals surface area contributed by atoms with Gasteiger partial charge in [0.1, 0.15) is 17.2 Å². The Morgan fingerprint density at radius 3 is 2.31 bits per heavy atom. The van der Waals surface area contributed by atoms with Gasteiger partial charge in [0.25, 0.3) is 0 Å². The van der Waals surface area contributed by atoms with Crippen molar-refractivity contribution < 1.29 is 23.4 Å². The van der Waals surface area contributed by atoms with Crippen LogP contribution >= 0.6 is 0 Å². The van der Waals surface area contributed by atoms with Crippen LogP contribution in [0.5, 0.6) is 0 Å². The van der Waals surface area contributed by atoms with Crippen LogP contribution in [-0.2, 0) is 16.7 Å². The van der Waals surface area contributed by atoms with E-state index >= 15 is 0 Å². The molecule has 0 saturated heterocycles. The molecule has 36 heavy (non-hydrogen) atoms. The van der Waals surface area contributed by atoms with Gasteiger partial charge in [-0.05, 0) is 69.4 Å². The third-order valence-electron chi connectivity index (χ3n) is 5.68. The molecular formula is C27H34F2N4O3. The van der Waals surface area contributed by atoms with Crippen molar-refractivity contribution in [2.75, 3.05) is 6.54 Å². The molecule has 1 fully saturated rings. The Labute approximate surface area is 210 Å². The molecule has 1 aliphatic rings. The summed E-state index contributed by atoms with van der Waals surface area (Å²) in [5.41, 5.74) is 0.575. The predicted octanol–water partition coefficient (Wildman–Crippen LogP) is 4.45. The van der Waals surface area contributed by atoms with Gasteiger partial charge < -0.3 is 20.5 Å². The number of alkyl carbamates (subject to hydrolysis) is 1. The molecule has 2 atom stereocenters. The highest BCUT2D eigenvalue weighted by Gasteiger charge is 2.44. The molecular weight excluding hydrogens is 466 g/mol. The molecule has 1 heterocycles. The summed E-state index contributed by atoms with van der Waals surface area (Å²) in [7, 11) is 0. The van der Waals surface area contributed by atoms with Gasteiger partial charge in [0.15, 0.2) is 0 Å². The van der Waals surface area contributed by atoms with Gasteiger partial charge in [-0.3, -0.25) is 5.10 Å². The highest BCUT2D eigenvalue weighted by atomic mass is 19.1. The summed E-state index contributed by atoms with van der Waals surface area (Å²) >= 11 is 0. The normalized spacial score (nSPS) is 15.7. The van der Waals surface area contributed by atoms with Crippen LogP contribution in [0.25, 0.3) is 0 Å². The molecule has 194 valence electrons. The van der Waals surface area contributed by atoms with E-state index in [1.54, 1.807) is 33.2 Å². The standard InChI is InChI=1S/C24H30F2N2O3.C3H4N2/c1-23(2,3)31-22(30)28-20(13-16-11-18(25)14-19(26)12-16)21(29)15-27-24(9-10-24)17-7-5-4-6-8-17;1-2-4-5-3-1/h4-8,11-12,14,20-21,27,29H,9-10,13,15H2,1-3H3,(H,28,30);1-3H,(H,4,5). The second kappa shape index (κ2) is 12.1. The number of aromatic amines is 1. The number of benzene rings is 2. The lowest BCUT2D eigenvalue weighted by molar-refractivity contribution is 0.0419. The summed E-state index contributed by atoms with van der Waals surface area (Å²) < 4.78 is 32.6. The number of amides is 1. The molecule has 2 aromatic carbocycles. The number of nitrogens with one attached hydrogen (secondary N) is 3. The van der Waals surface area contributed by atoms with E-state index in [0.29, 0.717) is 5.56 Å². The molecule has 3 aromatic rings. The zero-order chi connectivity index (χ0) is 26.2. The molecule has 0 radical (unpaired) electrons. The summed E-state index contributed by atoms with van der Waals surface area (Å²) in [6.45, 7) is 5.40. The number of aliphatic hydroxyl groups excluding tert-OH is 1. The fraction of sp³-hybridized carbons (Fsp3) is 0.407. The Balaban J connectivity index is 0.000000642. The van der Waals surface area contributed by atoms with Crippen molar-refractivity contribution in [1.29, 1.82) is 0 Å². The number of rotatable bonds is 8. The molecule has 4 N–H and O–H groups in total. The highest BCUT2D eigenvalue weighted by molar-refractivity contribution is 5.68. The second-order valence-corrected chi connectivity index (χ2v) is 9.90. The van der Waals surface area contributed by atoms with E-state index in [-0.39, 0.29) is 18.5 Å². The number of aliphatic hydroxyl groups is 1. The van der Waals surface area contributed by atoms with Gasteiger partial charge in [-0.25, -0.2) is 13.6 Å². The zero-order valence-corrected chi connectivity index (χ0v) is 20.8. The Bertz CT molecular complexity index is 1050. The van der Waals surface area contributed by atoms with Gasteiger partial charge in [0.05, 0.1) is 12.1 Å². The van der Waals surface area contributed by atoms with Crippen molar-refractivity contribution in [2.24, 2.45) is 0 Å². The number of ether oxygens (including phenoxy) is 1. The van der Waals surface area contributed by atoms with Crippen molar-refractivity contribution in [3.8, 4) is 0 Å². The molecule has 1 aromatic heterocycles. The molecule has 9 heteroatoms. The lowest BCUT2D eigenvalue weighted by Gasteiger charge is -2.28. The van der Waals surface area contributed by atoms with Crippen LogP contribution in [0.4, 0.5) is 13.6 Å². The van der Waals surface area contributed by atoms with Crippen LogP contribution in [0.1, 0.15) is 44.7 Å². The average molecular weight is 501 g/mol. The van der Waals surface area contributed by atoms with Crippen molar-refractivity contribution >= 4 is 6.09 Å². The Hall–Kier alpha value is -3.30. The Kier molecular flexibility index (Phi) is 9.17. The van der Waals surface area contributed by atoms with Gasteiger partial charge in [0.2, 0.25) is 0 Å². The summed E-state index contributed by atoms with van der Waals surface area (Å²) in [6, 6.07) is 14.2. The quantitative estimate of drug-likeness (QED) is 0.366. The lowest BCUT2D eigenvalue weighted by atomic mass is 9.99. The van der Waals surface area contributed by atoms with Crippen molar-refractivity contribution in [3.63, 3.8) is 0 Å². The number of nitrogens with zero attached hydrogens (tertiary/aromatic N) is 1. The molecule has 4 rings (SSSR count). The molecule has 2 unspecified atom stereocenters. The van der Waals surface area contributed by atoms with Crippen LogP contribution in [0, 0.1) is 11.6 Å². The number of aromatic nitrogens is 2. The van der Waals surface area contributed by atoms with Crippen LogP contribution in [0.3, 0.4) is 0 Å². The monoisotopic (exact) mass is 500 g/mol. The maximum atomic E-state index is 13.6. The number of halogens is 2. The third kappa shape index (κ3) is 8.73. The molecule has 1 amide bonds. The lowest BCUT2D eigenvalue weighted by Crippen LogP contribution is -2.51. The summed E-state index contributed by atoms with van der Waals surface area (Å²) in [6.07, 6.45) is 3.71. The van der Waals surface area contributed by atoms with Crippen LogP contribution in [0.15, 0.2) is 67.0 Å². The molecule has 0 spiro atoms. The third-order valence-corrected chi connectivity index (χ3v) is 5.68. The second-order valence-electron chi connectivity index (χ2n) is 9.90. The molecule has 0 aliphatic heterocycles. The van der Waals surface area contributed by atoms with E-state index in [1.165, 1.54) is 12.1 Å². The van der Waals surface area contributed by atoms with Gasteiger partial charge in [-0.2, -0.15) is 5.10 Å². The molecule has 1 saturated carbocycles. The number of H-pyrrole nitrogens is 1. The fourth-order valence-electron chi connectivity index (χ4n) is 3.83. The predicted molar refractivity (Wildman–Crippen MR) is 133 cm³/mol. The van der Waals surface area contributed by atoms with Crippen molar-refractivity contribution in [3.05, 3.63) is 89.8 Å². The van der Waals surface area contributed by atoms with Crippen LogP contribution in [-0.4, -0.2) is 45.7 Å². The SMILES string of the molecule is CC(C)(C)OC(=O)NC(Cc1cc(F)cc(F)c1)C(O)CNC1(c2ccccc2)CC1.c1cn[nH]c1. The first kappa shape index (κ1) is 27.3. The topological polar surface area (TPSA) is 99.3 Å². The summed E-state index contributed by atoms with van der Waals surface area (Å²) in [4.78, 5) is 12.3. The van der Waals surface area contributed by atoms with E-state index in [9.17, 15) is 18.7 Å². The average Bonchev–Trinajstić information content (AvgIpc) is 3.33. The van der Waals surface area contributed by atoms with E-state index in [2.05, 4.69) is 20.8 Å². The van der Waals surface area contributed by atoms with Crippen LogP contribution in [0.2, 0.25) is 0 Å². The first-order valence-corrected chi connectivity index (χ1v) is 11.9. The first-order valence-electron chi connectivity index (χ1n) is 11.9. The van der Waals surface area contributed by atoms with Crippen molar-refractivity contribution in [2.45, 2.75) is 63.3 Å². The summed E-state index contributed by atoms with van der Waals surface area (Å²) in [5.74, 6) is -1.42. The van der Waals surface area contributed by atoms with Gasteiger partial charge >= 0.3 is 6.09 Å². The summed E-state index contributed by atoms with van der Waals surface area (Å²) in [5, 5.41) is 23.1. The molecule has 1 aliphatic carbocycles. The maximum Gasteiger partial charge on any atom is 0.407 e. The molecule has 0 bridgehead atoms. The molecule has 7 nitrogen and oxygen atoms in total. The Morgan fingerprint density at radius 2 is 1.81 bits per heavy atom. The van der Waals surface area contributed by atoms with Crippen molar-refractivity contribution in [1.82, 2.24) is 20.8 Å².